The van der Waals surface area contributed by atoms with Gasteiger partial charge in [0, 0.05) is 18.5 Å². The Morgan fingerprint density at radius 1 is 1.14 bits per heavy atom. The van der Waals surface area contributed by atoms with Crippen molar-refractivity contribution in [1.29, 1.82) is 0 Å². The molecule has 1 unspecified atom stereocenters. The van der Waals surface area contributed by atoms with E-state index >= 15 is 0 Å². The number of fused-ring (bicyclic) bond motifs is 3. The zero-order valence-electron chi connectivity index (χ0n) is 17.1. The zero-order valence-corrected chi connectivity index (χ0v) is 17.1. The summed E-state index contributed by atoms with van der Waals surface area (Å²) in [4.78, 5) is 11.0. The minimum Gasteiger partial charge on any atom is -0.465 e. The minimum absolute atomic E-state index is 0.481. The van der Waals surface area contributed by atoms with Gasteiger partial charge in [-0.05, 0) is 73.6 Å². The Morgan fingerprint density at radius 3 is 2.82 bits per heavy atom. The topological polar surface area (TPSA) is 61.4 Å². The average molecular weight is 385 g/mol. The van der Waals surface area contributed by atoms with Gasteiger partial charge in [0.1, 0.15) is 0 Å². The molecule has 0 spiro atoms. The summed E-state index contributed by atoms with van der Waals surface area (Å²) < 4.78 is 0. The van der Waals surface area contributed by atoms with Crippen LogP contribution in [0.3, 0.4) is 0 Å². The average Bonchev–Trinajstić information content (AvgIpc) is 3.20. The van der Waals surface area contributed by atoms with Crippen LogP contribution in [0.4, 0.5) is 4.79 Å². The third kappa shape index (κ3) is 4.53. The predicted molar refractivity (Wildman–Crippen MR) is 113 cm³/mol. The molecule has 1 saturated carbocycles. The minimum atomic E-state index is -0.902. The lowest BCUT2D eigenvalue weighted by atomic mass is 9.74. The fourth-order valence-corrected chi connectivity index (χ4v) is 6.11. The van der Waals surface area contributed by atoms with Gasteiger partial charge in [0.25, 0.3) is 0 Å². The molecule has 3 aliphatic rings. The van der Waals surface area contributed by atoms with Crippen molar-refractivity contribution in [3.8, 4) is 0 Å². The maximum absolute atomic E-state index is 11.0. The molecule has 4 heteroatoms. The van der Waals surface area contributed by atoms with Gasteiger partial charge in [-0.2, -0.15) is 0 Å². The van der Waals surface area contributed by atoms with Crippen molar-refractivity contribution in [2.45, 2.75) is 88.5 Å². The molecule has 154 valence electrons. The van der Waals surface area contributed by atoms with Gasteiger partial charge >= 0.3 is 6.09 Å². The van der Waals surface area contributed by atoms with E-state index in [0.29, 0.717) is 24.4 Å². The lowest BCUT2D eigenvalue weighted by molar-refractivity contribution is 0.194. The van der Waals surface area contributed by atoms with E-state index in [0.717, 1.165) is 18.9 Å². The molecule has 1 aromatic rings. The third-order valence-electron chi connectivity index (χ3n) is 7.56. The van der Waals surface area contributed by atoms with Gasteiger partial charge in [-0.25, -0.2) is 4.79 Å². The van der Waals surface area contributed by atoms with Crippen LogP contribution in [0.25, 0.3) is 0 Å². The molecule has 0 bridgehead atoms. The molecule has 3 N–H and O–H groups in total. The second-order valence-corrected chi connectivity index (χ2v) is 9.21. The maximum Gasteiger partial charge on any atom is 0.404 e. The number of carboxylic acid groups (broad SMARTS) is 1. The highest BCUT2D eigenvalue weighted by Gasteiger charge is 2.34. The van der Waals surface area contributed by atoms with E-state index in [1.807, 2.05) is 0 Å². The molecule has 4 nitrogen and oxygen atoms in total. The molecule has 4 rings (SSSR count). The van der Waals surface area contributed by atoms with Crippen molar-refractivity contribution in [2.24, 2.45) is 5.92 Å². The van der Waals surface area contributed by atoms with E-state index in [9.17, 15) is 4.79 Å². The van der Waals surface area contributed by atoms with Gasteiger partial charge in [0.15, 0.2) is 0 Å². The van der Waals surface area contributed by atoms with Crippen molar-refractivity contribution in [3.63, 3.8) is 0 Å². The van der Waals surface area contributed by atoms with Crippen molar-refractivity contribution in [1.82, 2.24) is 10.6 Å². The first kappa shape index (κ1) is 19.8. The number of carbonyl (C=O) groups is 1. The molecule has 0 aromatic heterocycles. The molecule has 1 saturated heterocycles. The Morgan fingerprint density at radius 2 is 2.00 bits per heavy atom. The summed E-state index contributed by atoms with van der Waals surface area (Å²) >= 11 is 0. The highest BCUT2D eigenvalue weighted by atomic mass is 16.4. The van der Waals surface area contributed by atoms with Gasteiger partial charge in [-0.3, -0.25) is 0 Å². The first-order valence-electron chi connectivity index (χ1n) is 11.5. The van der Waals surface area contributed by atoms with Gasteiger partial charge in [0.05, 0.1) is 0 Å². The lowest BCUT2D eigenvalue weighted by Crippen LogP contribution is -2.31. The molecule has 0 radical (unpaired) electrons. The van der Waals surface area contributed by atoms with Crippen LogP contribution in [0.2, 0.25) is 0 Å². The molecule has 1 heterocycles. The SMILES string of the molecule is O=C(O)NCCC(CCC1CCCCC1)c1cccc2c1CC[C@@H]1NCC[C@H]21. The molecule has 2 aliphatic carbocycles. The summed E-state index contributed by atoms with van der Waals surface area (Å²) in [6.07, 6.45) is 13.2. The van der Waals surface area contributed by atoms with E-state index in [-0.39, 0.29) is 0 Å². The Balaban J connectivity index is 1.51. The summed E-state index contributed by atoms with van der Waals surface area (Å²) in [6, 6.07) is 7.62. The number of amides is 1. The van der Waals surface area contributed by atoms with Crippen molar-refractivity contribution >= 4 is 6.09 Å². The van der Waals surface area contributed by atoms with Crippen molar-refractivity contribution < 1.29 is 9.90 Å². The van der Waals surface area contributed by atoms with Gasteiger partial charge in [-0.1, -0.05) is 50.3 Å². The van der Waals surface area contributed by atoms with Crippen molar-refractivity contribution in [2.75, 3.05) is 13.1 Å². The van der Waals surface area contributed by atoms with E-state index in [4.69, 9.17) is 5.11 Å². The summed E-state index contributed by atoms with van der Waals surface area (Å²) in [6.45, 7) is 1.70. The molecule has 1 amide bonds. The number of hydrogen-bond acceptors (Lipinski definition) is 2. The van der Waals surface area contributed by atoms with Gasteiger partial charge in [-0.15, -0.1) is 0 Å². The van der Waals surface area contributed by atoms with E-state index < -0.39 is 6.09 Å². The van der Waals surface area contributed by atoms with Crippen LogP contribution in [0, 0.1) is 5.92 Å². The highest BCUT2D eigenvalue weighted by molar-refractivity contribution is 5.64. The van der Waals surface area contributed by atoms with Crippen LogP contribution in [-0.4, -0.2) is 30.3 Å². The second kappa shape index (κ2) is 9.30. The molecule has 1 aromatic carbocycles. The van der Waals surface area contributed by atoms with E-state index in [2.05, 4.69) is 28.8 Å². The summed E-state index contributed by atoms with van der Waals surface area (Å²) in [7, 11) is 0. The monoisotopic (exact) mass is 384 g/mol. The molecule has 3 atom stereocenters. The first-order valence-corrected chi connectivity index (χ1v) is 11.5. The Hall–Kier alpha value is -1.55. The fraction of sp³-hybridized carbons (Fsp3) is 0.708. The maximum atomic E-state index is 11.0. The highest BCUT2D eigenvalue weighted by Crippen LogP contribution is 2.42. The number of benzene rings is 1. The smallest absolute Gasteiger partial charge is 0.404 e. The standard InChI is InChI=1S/C24H36N2O2/c27-24(28)26-15-13-18(10-9-17-5-2-1-3-6-17)19-7-4-8-20-21(19)11-12-23-22(20)14-16-25-23/h4,7-8,17-18,22-23,25-26H,1-3,5-6,9-16H2,(H,27,28)/t18?,22-,23+/m1/s1. The fourth-order valence-electron chi connectivity index (χ4n) is 6.11. The van der Waals surface area contributed by atoms with Crippen LogP contribution in [0.1, 0.15) is 92.7 Å². The number of rotatable bonds is 7. The molecular formula is C24H36N2O2. The van der Waals surface area contributed by atoms with Crippen LogP contribution in [0.5, 0.6) is 0 Å². The summed E-state index contributed by atoms with van der Waals surface area (Å²) in [5.74, 6) is 2.04. The first-order chi connectivity index (χ1) is 13.7. The zero-order chi connectivity index (χ0) is 19.3. The van der Waals surface area contributed by atoms with Crippen LogP contribution >= 0.6 is 0 Å². The predicted octanol–water partition coefficient (Wildman–Crippen LogP) is 5.18. The van der Waals surface area contributed by atoms with Crippen LogP contribution in [0.15, 0.2) is 18.2 Å². The van der Waals surface area contributed by atoms with E-state index in [1.54, 1.807) is 11.1 Å². The number of hydrogen-bond donors (Lipinski definition) is 3. The van der Waals surface area contributed by atoms with Gasteiger partial charge < -0.3 is 15.7 Å². The Bertz CT molecular complexity index is 669. The third-order valence-corrected chi connectivity index (χ3v) is 7.56. The van der Waals surface area contributed by atoms with Crippen molar-refractivity contribution in [3.05, 3.63) is 34.9 Å². The lowest BCUT2D eigenvalue weighted by Gasteiger charge is -2.32. The Kier molecular flexibility index (Phi) is 6.56. The second-order valence-electron chi connectivity index (χ2n) is 9.21. The Labute approximate surface area is 169 Å². The number of nitrogens with one attached hydrogen (secondary N) is 2. The molecule has 2 fully saturated rings. The normalized spacial score (nSPS) is 25.7. The molecule has 28 heavy (non-hydrogen) atoms. The largest absolute Gasteiger partial charge is 0.465 e. The van der Waals surface area contributed by atoms with Gasteiger partial charge in [0.2, 0.25) is 0 Å². The molecule has 1 aliphatic heterocycles. The van der Waals surface area contributed by atoms with Crippen LogP contribution < -0.4 is 10.6 Å². The van der Waals surface area contributed by atoms with Crippen LogP contribution in [-0.2, 0) is 6.42 Å². The molecular weight excluding hydrogens is 348 g/mol. The summed E-state index contributed by atoms with van der Waals surface area (Å²) in [5, 5.41) is 15.3. The van der Waals surface area contributed by atoms with E-state index in [1.165, 1.54) is 69.8 Å². The quantitative estimate of drug-likeness (QED) is 0.607. The summed E-state index contributed by atoms with van der Waals surface area (Å²) in [5.41, 5.74) is 4.69.